The van der Waals surface area contributed by atoms with E-state index in [9.17, 15) is 0 Å². The Bertz CT molecular complexity index is 489. The number of aryl methyl sites for hydroxylation is 2. The van der Waals surface area contributed by atoms with Gasteiger partial charge in [0.2, 0.25) is 0 Å². The van der Waals surface area contributed by atoms with Crippen LogP contribution in [0.15, 0.2) is 30.5 Å². The molecule has 0 aliphatic rings. The second kappa shape index (κ2) is 4.31. The molecule has 2 aromatic rings. The summed E-state index contributed by atoms with van der Waals surface area (Å²) in [6.07, 6.45) is 1.71. The average Bonchev–Trinajstić information content (AvgIpc) is 2.28. The molecule has 0 atom stereocenters. The molecule has 0 N–H and O–H groups in total. The first-order valence-electron chi connectivity index (χ1n) is 5.15. The summed E-state index contributed by atoms with van der Waals surface area (Å²) in [5, 5.41) is 0. The Labute approximate surface area is 95.1 Å². The lowest BCUT2D eigenvalue weighted by atomic mass is 10.1. The molecule has 1 aromatic carbocycles. The van der Waals surface area contributed by atoms with Gasteiger partial charge in [-0.1, -0.05) is 17.2 Å². The summed E-state index contributed by atoms with van der Waals surface area (Å²) in [5.74, 6) is 0. The first kappa shape index (κ1) is 10.6. The fourth-order valence-corrected chi connectivity index (χ4v) is 1.72. The van der Waals surface area contributed by atoms with Crippen molar-refractivity contribution in [3.8, 4) is 17.3 Å². The zero-order chi connectivity index (χ0) is 11.5. The van der Waals surface area contributed by atoms with Crippen molar-refractivity contribution in [3.63, 3.8) is 0 Å². The molecule has 3 nitrogen and oxygen atoms in total. The average molecular weight is 214 g/mol. The molecule has 3 heteroatoms. The van der Waals surface area contributed by atoms with E-state index in [1.165, 1.54) is 11.1 Å². The summed E-state index contributed by atoms with van der Waals surface area (Å²) in [6.45, 7) is 4.16. The molecule has 0 aliphatic carbocycles. The minimum atomic E-state index is 0.400. The molecule has 0 fully saturated rings. The maximum Gasteiger partial charge on any atom is 0.316 e. The highest BCUT2D eigenvalue weighted by atomic mass is 16.5. The van der Waals surface area contributed by atoms with E-state index >= 15 is 0 Å². The van der Waals surface area contributed by atoms with Crippen molar-refractivity contribution in [2.75, 3.05) is 7.11 Å². The fourth-order valence-electron chi connectivity index (χ4n) is 1.72. The van der Waals surface area contributed by atoms with Crippen molar-refractivity contribution in [1.29, 1.82) is 0 Å². The molecular weight excluding hydrogens is 200 g/mol. The van der Waals surface area contributed by atoms with E-state index in [1.807, 2.05) is 6.07 Å². The molecule has 0 saturated heterocycles. The van der Waals surface area contributed by atoms with E-state index in [1.54, 1.807) is 13.3 Å². The summed E-state index contributed by atoms with van der Waals surface area (Å²) in [4.78, 5) is 8.31. The summed E-state index contributed by atoms with van der Waals surface area (Å²) in [5.41, 5.74) is 4.44. The van der Waals surface area contributed by atoms with Gasteiger partial charge in [-0.2, -0.15) is 4.98 Å². The van der Waals surface area contributed by atoms with Gasteiger partial charge in [0.1, 0.15) is 0 Å². The third-order valence-corrected chi connectivity index (χ3v) is 2.33. The third-order valence-electron chi connectivity index (χ3n) is 2.33. The van der Waals surface area contributed by atoms with Crippen molar-refractivity contribution in [3.05, 3.63) is 41.6 Å². The van der Waals surface area contributed by atoms with E-state index in [-0.39, 0.29) is 0 Å². The van der Waals surface area contributed by atoms with Gasteiger partial charge in [0.05, 0.1) is 12.8 Å². The van der Waals surface area contributed by atoms with E-state index in [0.717, 1.165) is 11.3 Å². The van der Waals surface area contributed by atoms with Gasteiger partial charge < -0.3 is 4.74 Å². The lowest BCUT2D eigenvalue weighted by Crippen LogP contribution is -1.93. The molecule has 82 valence electrons. The summed E-state index contributed by atoms with van der Waals surface area (Å²) < 4.78 is 5.01. The topological polar surface area (TPSA) is 35.0 Å². The van der Waals surface area contributed by atoms with Crippen molar-refractivity contribution in [2.45, 2.75) is 13.8 Å². The maximum absolute atomic E-state index is 5.01. The Kier molecular flexibility index (Phi) is 2.86. The van der Waals surface area contributed by atoms with Crippen LogP contribution in [0.5, 0.6) is 6.01 Å². The van der Waals surface area contributed by atoms with Gasteiger partial charge in [-0.15, -0.1) is 0 Å². The van der Waals surface area contributed by atoms with Crippen LogP contribution in [0.2, 0.25) is 0 Å². The SMILES string of the molecule is COc1nccc(-c2cc(C)cc(C)c2)n1. The Morgan fingerprint density at radius 3 is 2.38 bits per heavy atom. The number of hydrogen-bond acceptors (Lipinski definition) is 3. The van der Waals surface area contributed by atoms with Crippen LogP contribution in [0.1, 0.15) is 11.1 Å². The van der Waals surface area contributed by atoms with Crippen molar-refractivity contribution in [1.82, 2.24) is 9.97 Å². The van der Waals surface area contributed by atoms with Gasteiger partial charge in [-0.3, -0.25) is 0 Å². The standard InChI is InChI=1S/C13H14N2O/c1-9-6-10(2)8-11(7-9)12-4-5-14-13(15-12)16-3/h4-8H,1-3H3. The van der Waals surface area contributed by atoms with Crippen LogP contribution in [-0.2, 0) is 0 Å². The molecular formula is C13H14N2O. The Hall–Kier alpha value is -1.90. The first-order chi connectivity index (χ1) is 7.69. The third kappa shape index (κ3) is 2.19. The van der Waals surface area contributed by atoms with Crippen LogP contribution in [-0.4, -0.2) is 17.1 Å². The molecule has 0 amide bonds. The van der Waals surface area contributed by atoms with Crippen LogP contribution in [0.25, 0.3) is 11.3 Å². The maximum atomic E-state index is 5.01. The van der Waals surface area contributed by atoms with E-state index in [0.29, 0.717) is 6.01 Å². The second-order valence-electron chi connectivity index (χ2n) is 3.80. The zero-order valence-corrected chi connectivity index (χ0v) is 9.69. The normalized spacial score (nSPS) is 10.2. The summed E-state index contributed by atoms with van der Waals surface area (Å²) in [6, 6.07) is 8.64. The number of hydrogen-bond donors (Lipinski definition) is 0. The van der Waals surface area contributed by atoms with Gasteiger partial charge in [0, 0.05) is 11.8 Å². The van der Waals surface area contributed by atoms with Gasteiger partial charge in [-0.05, 0) is 32.0 Å². The number of benzene rings is 1. The Morgan fingerprint density at radius 1 is 1.06 bits per heavy atom. The minimum absolute atomic E-state index is 0.400. The van der Waals surface area contributed by atoms with Gasteiger partial charge in [0.25, 0.3) is 0 Å². The lowest BCUT2D eigenvalue weighted by molar-refractivity contribution is 0.380. The Morgan fingerprint density at radius 2 is 1.75 bits per heavy atom. The molecule has 0 unspecified atom stereocenters. The zero-order valence-electron chi connectivity index (χ0n) is 9.69. The van der Waals surface area contributed by atoms with Crippen LogP contribution < -0.4 is 4.74 Å². The van der Waals surface area contributed by atoms with Crippen LogP contribution >= 0.6 is 0 Å². The second-order valence-corrected chi connectivity index (χ2v) is 3.80. The van der Waals surface area contributed by atoms with Crippen molar-refractivity contribution in [2.24, 2.45) is 0 Å². The highest BCUT2D eigenvalue weighted by Crippen LogP contribution is 2.21. The molecule has 1 heterocycles. The van der Waals surface area contributed by atoms with E-state index < -0.39 is 0 Å². The number of ether oxygens (including phenoxy) is 1. The van der Waals surface area contributed by atoms with E-state index in [4.69, 9.17) is 4.74 Å². The molecule has 0 saturated carbocycles. The molecule has 0 radical (unpaired) electrons. The van der Waals surface area contributed by atoms with Gasteiger partial charge >= 0.3 is 6.01 Å². The number of methoxy groups -OCH3 is 1. The lowest BCUT2D eigenvalue weighted by Gasteiger charge is -2.05. The van der Waals surface area contributed by atoms with Gasteiger partial charge in [-0.25, -0.2) is 4.98 Å². The first-order valence-corrected chi connectivity index (χ1v) is 5.15. The highest BCUT2D eigenvalue weighted by Gasteiger charge is 2.03. The summed E-state index contributed by atoms with van der Waals surface area (Å²) >= 11 is 0. The predicted octanol–water partition coefficient (Wildman–Crippen LogP) is 2.77. The minimum Gasteiger partial charge on any atom is -0.467 e. The van der Waals surface area contributed by atoms with Crippen LogP contribution in [0, 0.1) is 13.8 Å². The highest BCUT2D eigenvalue weighted by molar-refractivity contribution is 5.61. The number of aromatic nitrogens is 2. The summed E-state index contributed by atoms with van der Waals surface area (Å²) in [7, 11) is 1.57. The van der Waals surface area contributed by atoms with Crippen molar-refractivity contribution >= 4 is 0 Å². The van der Waals surface area contributed by atoms with Crippen molar-refractivity contribution < 1.29 is 4.74 Å². The molecule has 1 aromatic heterocycles. The van der Waals surface area contributed by atoms with Crippen LogP contribution in [0.4, 0.5) is 0 Å². The van der Waals surface area contributed by atoms with E-state index in [2.05, 4.69) is 42.0 Å². The van der Waals surface area contributed by atoms with Gasteiger partial charge in [0.15, 0.2) is 0 Å². The largest absolute Gasteiger partial charge is 0.467 e. The van der Waals surface area contributed by atoms with Crippen LogP contribution in [0.3, 0.4) is 0 Å². The molecule has 0 aliphatic heterocycles. The number of rotatable bonds is 2. The quantitative estimate of drug-likeness (QED) is 0.771. The predicted molar refractivity (Wildman–Crippen MR) is 63.5 cm³/mol. The Balaban J connectivity index is 2.49. The molecule has 2 rings (SSSR count). The molecule has 0 bridgehead atoms. The molecule has 16 heavy (non-hydrogen) atoms. The smallest absolute Gasteiger partial charge is 0.316 e. The fraction of sp³-hybridized carbons (Fsp3) is 0.231. The molecule has 0 spiro atoms. The monoisotopic (exact) mass is 214 g/mol. The number of nitrogens with zero attached hydrogens (tertiary/aromatic N) is 2.